The van der Waals surface area contributed by atoms with E-state index in [4.69, 9.17) is 4.74 Å². The van der Waals surface area contributed by atoms with Crippen molar-refractivity contribution in [2.75, 3.05) is 30.7 Å². The van der Waals surface area contributed by atoms with Crippen LogP contribution in [-0.4, -0.2) is 47.8 Å². The van der Waals surface area contributed by atoms with Crippen LogP contribution in [0.15, 0.2) is 70.5 Å². The minimum atomic E-state index is -3.92. The van der Waals surface area contributed by atoms with Crippen molar-refractivity contribution in [2.24, 2.45) is 0 Å². The lowest BCUT2D eigenvalue weighted by Crippen LogP contribution is -2.23. The summed E-state index contributed by atoms with van der Waals surface area (Å²) in [6, 6.07) is 13.5. The molecule has 3 aromatic carbocycles. The number of nitrogens with one attached hydrogen (secondary N) is 2. The molecule has 0 saturated heterocycles. The Morgan fingerprint density at radius 1 is 0.889 bits per heavy atom. The van der Waals surface area contributed by atoms with E-state index in [0.29, 0.717) is 22.6 Å². The maximum absolute atomic E-state index is 13.1. The predicted octanol–water partition coefficient (Wildman–Crippen LogP) is 3.51. The van der Waals surface area contributed by atoms with Crippen molar-refractivity contribution >= 4 is 37.3 Å². The maximum Gasteiger partial charge on any atom is 0.262 e. The molecule has 12 heteroatoms. The van der Waals surface area contributed by atoms with E-state index in [0.717, 1.165) is 16.4 Å². The average molecular weight is 536 g/mol. The highest BCUT2D eigenvalue weighted by Crippen LogP contribution is 2.25. The Hall–Kier alpha value is -3.48. The fourth-order valence-electron chi connectivity index (χ4n) is 3.12. The molecule has 36 heavy (non-hydrogen) atoms. The number of carbonyl (C=O) groups is 1. The molecule has 3 rings (SSSR count). The predicted molar refractivity (Wildman–Crippen MR) is 135 cm³/mol. The van der Waals surface area contributed by atoms with Gasteiger partial charge in [-0.2, -0.15) is 0 Å². The summed E-state index contributed by atoms with van der Waals surface area (Å²) in [5.41, 5.74) is 1.68. The van der Waals surface area contributed by atoms with Gasteiger partial charge in [0.05, 0.1) is 9.79 Å². The number of anilines is 2. The van der Waals surface area contributed by atoms with E-state index in [2.05, 4.69) is 10.0 Å². The number of hydrogen-bond donors (Lipinski definition) is 2. The summed E-state index contributed by atoms with van der Waals surface area (Å²) in [6.45, 7) is 2.97. The summed E-state index contributed by atoms with van der Waals surface area (Å²) in [4.78, 5) is 12.5. The summed E-state index contributed by atoms with van der Waals surface area (Å²) in [6.07, 6.45) is 0. The number of nitrogens with zero attached hydrogens (tertiary/aromatic N) is 1. The van der Waals surface area contributed by atoms with Crippen LogP contribution in [0.25, 0.3) is 0 Å². The first-order valence-corrected chi connectivity index (χ1v) is 13.6. The second-order valence-electron chi connectivity index (χ2n) is 8.14. The third-order valence-corrected chi connectivity index (χ3v) is 8.36. The Labute approximate surface area is 210 Å². The molecule has 0 radical (unpaired) electrons. The third kappa shape index (κ3) is 6.39. The number of rotatable bonds is 9. The van der Waals surface area contributed by atoms with Crippen LogP contribution in [0.4, 0.5) is 15.8 Å². The molecule has 0 aliphatic heterocycles. The van der Waals surface area contributed by atoms with Gasteiger partial charge < -0.3 is 10.1 Å². The van der Waals surface area contributed by atoms with Crippen LogP contribution in [0.5, 0.6) is 5.75 Å². The van der Waals surface area contributed by atoms with Crippen LogP contribution in [0.2, 0.25) is 0 Å². The SMILES string of the molecule is Cc1ccc(S(=O)(=O)N(C)C)cc1NC(=O)COc1ccc(S(=O)(=O)Nc2ccc(F)cc2)cc1C. The zero-order valence-corrected chi connectivity index (χ0v) is 21.7. The van der Waals surface area contributed by atoms with Gasteiger partial charge in [-0.15, -0.1) is 0 Å². The van der Waals surface area contributed by atoms with E-state index in [9.17, 15) is 26.0 Å². The normalized spacial score (nSPS) is 11.8. The number of benzene rings is 3. The fourth-order valence-corrected chi connectivity index (χ4v) is 5.19. The van der Waals surface area contributed by atoms with Gasteiger partial charge in [-0.3, -0.25) is 9.52 Å². The number of sulfonamides is 2. The van der Waals surface area contributed by atoms with Crippen LogP contribution in [0.3, 0.4) is 0 Å². The Morgan fingerprint density at radius 3 is 2.14 bits per heavy atom. The van der Waals surface area contributed by atoms with Crippen LogP contribution in [0, 0.1) is 19.7 Å². The first kappa shape index (κ1) is 27.1. The quantitative estimate of drug-likeness (QED) is 0.433. The number of ether oxygens (including phenoxy) is 1. The molecular weight excluding hydrogens is 509 g/mol. The van der Waals surface area contributed by atoms with Crippen molar-refractivity contribution in [2.45, 2.75) is 23.6 Å². The van der Waals surface area contributed by atoms with Crippen LogP contribution >= 0.6 is 0 Å². The maximum atomic E-state index is 13.1. The van der Waals surface area contributed by atoms with Crippen molar-refractivity contribution in [3.05, 3.63) is 77.6 Å². The first-order valence-electron chi connectivity index (χ1n) is 10.6. The zero-order chi connectivity index (χ0) is 26.7. The molecule has 0 bridgehead atoms. The molecule has 9 nitrogen and oxygen atoms in total. The molecule has 0 aliphatic rings. The van der Waals surface area contributed by atoms with Gasteiger partial charge in [-0.1, -0.05) is 6.07 Å². The molecule has 0 spiro atoms. The Balaban J connectivity index is 1.68. The van der Waals surface area contributed by atoms with E-state index >= 15 is 0 Å². The van der Waals surface area contributed by atoms with Gasteiger partial charge in [0, 0.05) is 25.5 Å². The first-order chi connectivity index (χ1) is 16.8. The van der Waals surface area contributed by atoms with Crippen LogP contribution in [0.1, 0.15) is 11.1 Å². The molecule has 0 atom stereocenters. The molecule has 192 valence electrons. The van der Waals surface area contributed by atoms with E-state index in [1.807, 2.05) is 0 Å². The monoisotopic (exact) mass is 535 g/mol. The molecule has 1 amide bonds. The summed E-state index contributed by atoms with van der Waals surface area (Å²) in [5.74, 6) is -0.709. The van der Waals surface area contributed by atoms with Gasteiger partial charge in [0.15, 0.2) is 6.61 Å². The molecule has 0 fully saturated rings. The Kier molecular flexibility index (Phi) is 8.02. The number of carbonyl (C=O) groups excluding carboxylic acids is 1. The van der Waals surface area contributed by atoms with Gasteiger partial charge in [0.25, 0.3) is 15.9 Å². The number of amides is 1. The standard InChI is InChI=1S/C24H26FN3O6S2/c1-16-5-10-21(36(32,33)28(3)4)14-22(16)26-24(29)15-34-23-12-11-20(13-17(23)2)35(30,31)27-19-8-6-18(25)7-9-19/h5-14,27H,15H2,1-4H3,(H,26,29). The molecular formula is C24H26FN3O6S2. The van der Waals surface area contributed by atoms with E-state index < -0.39 is 31.8 Å². The fraction of sp³-hybridized carbons (Fsp3) is 0.208. The van der Waals surface area contributed by atoms with Crippen molar-refractivity contribution in [1.82, 2.24) is 4.31 Å². The van der Waals surface area contributed by atoms with Gasteiger partial charge >= 0.3 is 0 Å². The van der Waals surface area contributed by atoms with E-state index in [-0.39, 0.29) is 22.1 Å². The van der Waals surface area contributed by atoms with Crippen LogP contribution in [-0.2, 0) is 24.8 Å². The minimum absolute atomic E-state index is 0.0318. The summed E-state index contributed by atoms with van der Waals surface area (Å²) in [7, 11) is -4.76. The highest BCUT2D eigenvalue weighted by Gasteiger charge is 2.19. The zero-order valence-electron chi connectivity index (χ0n) is 20.1. The highest BCUT2D eigenvalue weighted by molar-refractivity contribution is 7.92. The summed E-state index contributed by atoms with van der Waals surface area (Å²) < 4.78 is 72.1. The highest BCUT2D eigenvalue weighted by atomic mass is 32.2. The second-order valence-corrected chi connectivity index (χ2v) is 12.0. The summed E-state index contributed by atoms with van der Waals surface area (Å²) in [5, 5.41) is 2.64. The van der Waals surface area contributed by atoms with Crippen molar-refractivity contribution < 1.29 is 30.8 Å². The van der Waals surface area contributed by atoms with Crippen LogP contribution < -0.4 is 14.8 Å². The average Bonchev–Trinajstić information content (AvgIpc) is 2.80. The lowest BCUT2D eigenvalue weighted by molar-refractivity contribution is -0.118. The lowest BCUT2D eigenvalue weighted by atomic mass is 10.2. The molecule has 0 aliphatic carbocycles. The lowest BCUT2D eigenvalue weighted by Gasteiger charge is -2.15. The Bertz CT molecular complexity index is 1490. The number of hydrogen-bond acceptors (Lipinski definition) is 6. The topological polar surface area (TPSA) is 122 Å². The smallest absolute Gasteiger partial charge is 0.262 e. The van der Waals surface area contributed by atoms with Crippen molar-refractivity contribution in [3.63, 3.8) is 0 Å². The molecule has 0 heterocycles. The van der Waals surface area contributed by atoms with Crippen molar-refractivity contribution in [1.29, 1.82) is 0 Å². The van der Waals surface area contributed by atoms with Crippen molar-refractivity contribution in [3.8, 4) is 5.75 Å². The van der Waals surface area contributed by atoms with E-state index in [1.54, 1.807) is 19.9 Å². The largest absolute Gasteiger partial charge is 0.483 e. The molecule has 0 aromatic heterocycles. The molecule has 2 N–H and O–H groups in total. The second kappa shape index (κ2) is 10.6. The van der Waals surface area contributed by atoms with Gasteiger partial charge in [-0.25, -0.2) is 25.5 Å². The summed E-state index contributed by atoms with van der Waals surface area (Å²) >= 11 is 0. The number of halogens is 1. The molecule has 0 unspecified atom stereocenters. The molecule has 0 saturated carbocycles. The van der Waals surface area contributed by atoms with E-state index in [1.165, 1.54) is 56.6 Å². The van der Waals surface area contributed by atoms with Gasteiger partial charge in [0.1, 0.15) is 11.6 Å². The minimum Gasteiger partial charge on any atom is -0.483 e. The van der Waals surface area contributed by atoms with Gasteiger partial charge in [0.2, 0.25) is 10.0 Å². The Morgan fingerprint density at radius 2 is 1.53 bits per heavy atom. The van der Waals surface area contributed by atoms with Gasteiger partial charge in [-0.05, 0) is 79.6 Å². The number of aryl methyl sites for hydroxylation is 2. The molecule has 3 aromatic rings. The third-order valence-electron chi connectivity index (χ3n) is 5.17.